The van der Waals surface area contributed by atoms with E-state index in [-0.39, 0.29) is 17.5 Å². The van der Waals surface area contributed by atoms with Gasteiger partial charge < -0.3 is 10.2 Å². The summed E-state index contributed by atoms with van der Waals surface area (Å²) in [5.41, 5.74) is 2.02. The smallest absolute Gasteiger partial charge is 0.270 e. The summed E-state index contributed by atoms with van der Waals surface area (Å²) in [5, 5.41) is 15.2. The molecule has 1 fully saturated rings. The number of carbonyl (C=O) groups excluding carboxylic acids is 1. The molecule has 1 atom stereocenters. The third-order valence-electron chi connectivity index (χ3n) is 5.43. The normalized spacial score (nSPS) is 15.2. The number of carbonyl (C=O) groups is 1. The van der Waals surface area contributed by atoms with E-state index in [4.69, 9.17) is 0 Å². The van der Waals surface area contributed by atoms with Gasteiger partial charge in [0, 0.05) is 37.7 Å². The molecule has 0 aliphatic carbocycles. The summed E-state index contributed by atoms with van der Waals surface area (Å²) in [4.78, 5) is 30.6. The van der Waals surface area contributed by atoms with Crippen molar-refractivity contribution in [2.24, 2.45) is 0 Å². The lowest BCUT2D eigenvalue weighted by molar-refractivity contribution is -0.384. The summed E-state index contributed by atoms with van der Waals surface area (Å²) in [6.45, 7) is 4.16. The fourth-order valence-electron chi connectivity index (χ4n) is 3.76. The van der Waals surface area contributed by atoms with Gasteiger partial charge in [-0.2, -0.15) is 0 Å². The number of hydrogen-bond donors (Lipinski definition) is 1. The highest BCUT2D eigenvalue weighted by atomic mass is 32.1. The summed E-state index contributed by atoms with van der Waals surface area (Å²) >= 11 is 1.63. The molecule has 0 spiro atoms. The van der Waals surface area contributed by atoms with Gasteiger partial charge in [-0.3, -0.25) is 14.9 Å². The molecule has 4 rings (SSSR count). The predicted octanol–water partition coefficient (Wildman–Crippen LogP) is 4.73. The fourth-order valence-corrected chi connectivity index (χ4v) is 4.78. The monoisotopic (exact) mass is 424 g/mol. The Bertz CT molecular complexity index is 1040. The Morgan fingerprint density at radius 3 is 2.73 bits per heavy atom. The number of rotatable bonds is 6. The molecule has 1 aliphatic rings. The highest BCUT2D eigenvalue weighted by Gasteiger charge is 2.22. The van der Waals surface area contributed by atoms with Crippen molar-refractivity contribution in [1.82, 2.24) is 10.3 Å². The van der Waals surface area contributed by atoms with Gasteiger partial charge in [0.05, 0.1) is 31.4 Å². The molecule has 1 N–H and O–H groups in total. The molecule has 1 saturated heterocycles. The lowest BCUT2D eigenvalue weighted by Gasteiger charge is -2.30. The Morgan fingerprint density at radius 1 is 1.23 bits per heavy atom. The first-order valence-electron chi connectivity index (χ1n) is 10.2. The van der Waals surface area contributed by atoms with Crippen molar-refractivity contribution >= 4 is 38.8 Å². The van der Waals surface area contributed by atoms with Gasteiger partial charge in [-0.15, -0.1) is 11.3 Å². The first kappa shape index (κ1) is 20.3. The van der Waals surface area contributed by atoms with Gasteiger partial charge in [-0.25, -0.2) is 4.98 Å². The molecular formula is C22H24N4O3S. The maximum atomic E-state index is 13.0. The zero-order valence-corrected chi connectivity index (χ0v) is 17.7. The van der Waals surface area contributed by atoms with Crippen molar-refractivity contribution in [3.05, 3.63) is 63.1 Å². The minimum absolute atomic E-state index is 0.0449. The van der Waals surface area contributed by atoms with Crippen molar-refractivity contribution in [2.45, 2.75) is 32.1 Å². The molecule has 2 aromatic carbocycles. The molecule has 1 aromatic heterocycles. The number of nitrogens with one attached hydrogen (secondary N) is 1. The largest absolute Gasteiger partial charge is 0.371 e. The van der Waals surface area contributed by atoms with Crippen LogP contribution >= 0.6 is 11.3 Å². The number of non-ortho nitro benzene ring substituents is 1. The van der Waals surface area contributed by atoms with E-state index in [0.29, 0.717) is 12.1 Å². The van der Waals surface area contributed by atoms with Crippen LogP contribution in [-0.2, 0) is 0 Å². The van der Waals surface area contributed by atoms with Gasteiger partial charge in [-0.05, 0) is 37.5 Å². The van der Waals surface area contributed by atoms with E-state index >= 15 is 0 Å². The second-order valence-corrected chi connectivity index (χ2v) is 8.70. The number of fused-ring (bicyclic) bond motifs is 1. The average molecular weight is 425 g/mol. The average Bonchev–Trinajstić information content (AvgIpc) is 3.22. The Morgan fingerprint density at radius 2 is 2.00 bits per heavy atom. The van der Waals surface area contributed by atoms with Crippen molar-refractivity contribution in [1.29, 1.82) is 0 Å². The Kier molecular flexibility index (Phi) is 5.94. The summed E-state index contributed by atoms with van der Waals surface area (Å²) in [6.07, 6.45) is 3.30. The quantitative estimate of drug-likeness (QED) is 0.457. The maximum absolute atomic E-state index is 13.0. The minimum Gasteiger partial charge on any atom is -0.371 e. The third-order valence-corrected chi connectivity index (χ3v) is 6.70. The van der Waals surface area contributed by atoms with Crippen molar-refractivity contribution in [3.8, 4) is 0 Å². The first-order valence-corrected chi connectivity index (χ1v) is 11.0. The van der Waals surface area contributed by atoms with E-state index in [1.165, 1.54) is 18.6 Å². The second kappa shape index (κ2) is 8.79. The van der Waals surface area contributed by atoms with Crippen LogP contribution < -0.4 is 10.2 Å². The fraction of sp³-hybridized carbons (Fsp3) is 0.364. The number of aromatic nitrogens is 1. The topological polar surface area (TPSA) is 88.4 Å². The number of nitro benzene ring substituents is 1. The molecule has 30 heavy (non-hydrogen) atoms. The maximum Gasteiger partial charge on any atom is 0.270 e. The molecule has 1 aliphatic heterocycles. The van der Waals surface area contributed by atoms with E-state index in [2.05, 4.69) is 15.2 Å². The molecule has 8 heteroatoms. The van der Waals surface area contributed by atoms with E-state index in [1.54, 1.807) is 17.4 Å². The number of para-hydroxylation sites is 1. The van der Waals surface area contributed by atoms with Gasteiger partial charge in [-0.1, -0.05) is 19.1 Å². The number of anilines is 1. The zero-order valence-electron chi connectivity index (χ0n) is 16.8. The van der Waals surface area contributed by atoms with Crippen LogP contribution in [0, 0.1) is 10.1 Å². The second-order valence-electron chi connectivity index (χ2n) is 7.64. The molecular weight excluding hydrogens is 400 g/mol. The number of amides is 1. The van der Waals surface area contributed by atoms with Crippen LogP contribution in [0.15, 0.2) is 42.5 Å². The van der Waals surface area contributed by atoms with Crippen LogP contribution in [-0.4, -0.2) is 35.4 Å². The molecule has 1 amide bonds. The Balaban J connectivity index is 1.52. The van der Waals surface area contributed by atoms with Crippen molar-refractivity contribution in [3.63, 3.8) is 0 Å². The number of hydrogen-bond acceptors (Lipinski definition) is 6. The highest BCUT2D eigenvalue weighted by Crippen LogP contribution is 2.29. The first-order chi connectivity index (χ1) is 14.5. The summed E-state index contributed by atoms with van der Waals surface area (Å²) in [5.74, 6) is -0.240. The summed E-state index contributed by atoms with van der Waals surface area (Å²) < 4.78 is 1.12. The number of nitro groups is 1. The van der Waals surface area contributed by atoms with Gasteiger partial charge in [0.25, 0.3) is 11.6 Å². The van der Waals surface area contributed by atoms with Crippen LogP contribution in [0.1, 0.15) is 47.5 Å². The lowest BCUT2D eigenvalue weighted by atomic mass is 10.1. The van der Waals surface area contributed by atoms with Crippen LogP contribution in [0.4, 0.5) is 11.4 Å². The Labute approximate surface area is 178 Å². The van der Waals surface area contributed by atoms with Crippen LogP contribution in [0.5, 0.6) is 0 Å². The molecule has 0 saturated carbocycles. The number of thiazole rings is 1. The zero-order chi connectivity index (χ0) is 21.1. The van der Waals surface area contributed by atoms with Gasteiger partial charge in [0.1, 0.15) is 0 Å². The molecule has 156 valence electrons. The van der Waals surface area contributed by atoms with Gasteiger partial charge in [0.2, 0.25) is 0 Å². The minimum atomic E-state index is -0.458. The van der Waals surface area contributed by atoms with Crippen molar-refractivity contribution in [2.75, 3.05) is 24.5 Å². The molecule has 0 radical (unpaired) electrons. The number of piperidine rings is 1. The number of nitrogens with zero attached hydrogens (tertiary/aromatic N) is 3. The van der Waals surface area contributed by atoms with E-state index in [1.807, 2.05) is 31.2 Å². The summed E-state index contributed by atoms with van der Waals surface area (Å²) in [6, 6.07) is 12.5. The van der Waals surface area contributed by atoms with Crippen LogP contribution in [0.25, 0.3) is 10.2 Å². The standard InChI is InChI=1S/C22H24N4O3S/c1-15(22-24-18-7-3-4-8-20(18)30-22)14-23-21(27)17-13-16(26(28)29)9-10-19(17)25-11-5-2-6-12-25/h3-4,7-10,13,15H,2,5-6,11-12,14H2,1H3,(H,23,27)/t15-/m0/s1. The molecule has 0 unspecified atom stereocenters. The highest BCUT2D eigenvalue weighted by molar-refractivity contribution is 7.18. The molecule has 2 heterocycles. The third kappa shape index (κ3) is 4.28. The lowest BCUT2D eigenvalue weighted by Crippen LogP contribution is -2.33. The van der Waals surface area contributed by atoms with Gasteiger partial charge >= 0.3 is 0 Å². The van der Waals surface area contributed by atoms with Crippen molar-refractivity contribution < 1.29 is 9.72 Å². The van der Waals surface area contributed by atoms with E-state index in [0.717, 1.165) is 46.8 Å². The molecule has 7 nitrogen and oxygen atoms in total. The Hall–Kier alpha value is -3.00. The van der Waals surface area contributed by atoms with Gasteiger partial charge in [0.15, 0.2) is 0 Å². The number of benzene rings is 2. The van der Waals surface area contributed by atoms with E-state index < -0.39 is 4.92 Å². The molecule has 3 aromatic rings. The SMILES string of the molecule is C[C@@H](CNC(=O)c1cc([N+](=O)[O-])ccc1N1CCCCC1)c1nc2ccccc2s1. The molecule has 0 bridgehead atoms. The summed E-state index contributed by atoms with van der Waals surface area (Å²) in [7, 11) is 0. The van der Waals surface area contributed by atoms with E-state index in [9.17, 15) is 14.9 Å². The predicted molar refractivity (Wildman–Crippen MR) is 120 cm³/mol. The van der Waals surface area contributed by atoms with Crippen LogP contribution in [0.3, 0.4) is 0 Å². The van der Waals surface area contributed by atoms with Crippen LogP contribution in [0.2, 0.25) is 0 Å².